The van der Waals surface area contributed by atoms with Crippen molar-refractivity contribution in [2.24, 2.45) is 0 Å². The van der Waals surface area contributed by atoms with Gasteiger partial charge in [0.1, 0.15) is 0 Å². The molecule has 47 heavy (non-hydrogen) atoms. The number of para-hydroxylation sites is 1. The Bertz CT molecular complexity index is 2470. The summed E-state index contributed by atoms with van der Waals surface area (Å²) in [6.07, 6.45) is 0. The minimum atomic E-state index is 1.16. The molecule has 0 saturated heterocycles. The lowest BCUT2D eigenvalue weighted by Gasteiger charge is -2.30. The van der Waals surface area contributed by atoms with Gasteiger partial charge in [0, 0.05) is 17.1 Å². The van der Waals surface area contributed by atoms with Crippen molar-refractivity contribution in [2.45, 2.75) is 13.8 Å². The quantitative estimate of drug-likeness (QED) is 0.190. The van der Waals surface area contributed by atoms with Crippen LogP contribution in [0.25, 0.3) is 66.1 Å². The van der Waals surface area contributed by atoms with Gasteiger partial charge in [0.2, 0.25) is 0 Å². The van der Waals surface area contributed by atoms with Crippen LogP contribution in [0.2, 0.25) is 0 Å². The molecule has 0 unspecified atom stereocenters. The van der Waals surface area contributed by atoms with Gasteiger partial charge in [-0.05, 0) is 146 Å². The van der Waals surface area contributed by atoms with E-state index >= 15 is 0 Å². The first-order valence-corrected chi connectivity index (χ1v) is 16.3. The molecule has 8 aromatic carbocycles. The average Bonchev–Trinajstić information content (AvgIpc) is 3.12. The van der Waals surface area contributed by atoms with E-state index in [4.69, 9.17) is 0 Å². The zero-order valence-corrected chi connectivity index (χ0v) is 26.5. The summed E-state index contributed by atoms with van der Waals surface area (Å²) in [7, 11) is 0. The first-order chi connectivity index (χ1) is 23.1. The average molecular weight is 600 g/mol. The molecular weight excluding hydrogens is 567 g/mol. The highest BCUT2D eigenvalue weighted by Gasteiger charge is 2.25. The first kappa shape index (κ1) is 27.4. The predicted molar refractivity (Wildman–Crippen MR) is 201 cm³/mol. The Morgan fingerprint density at radius 1 is 0.319 bits per heavy atom. The second kappa shape index (κ2) is 10.9. The summed E-state index contributed by atoms with van der Waals surface area (Å²) in [5, 5.41) is 5.08. The van der Waals surface area contributed by atoms with E-state index in [0.29, 0.717) is 0 Å². The molecule has 8 aromatic rings. The minimum Gasteiger partial charge on any atom is -0.310 e. The third-order valence-electron chi connectivity index (χ3n) is 9.80. The van der Waals surface area contributed by atoms with Gasteiger partial charge in [-0.2, -0.15) is 0 Å². The van der Waals surface area contributed by atoms with E-state index in [1.807, 2.05) is 0 Å². The van der Waals surface area contributed by atoms with Crippen LogP contribution in [0.15, 0.2) is 164 Å². The van der Waals surface area contributed by atoms with Gasteiger partial charge < -0.3 is 4.90 Å². The summed E-state index contributed by atoms with van der Waals surface area (Å²) in [4.78, 5) is 2.43. The molecule has 0 spiro atoms. The minimum absolute atomic E-state index is 1.16. The molecule has 0 amide bonds. The number of anilines is 3. The Kier molecular flexibility index (Phi) is 6.33. The van der Waals surface area contributed by atoms with Gasteiger partial charge in [-0.15, -0.1) is 0 Å². The number of fused-ring (bicyclic) bond motifs is 6. The number of benzene rings is 8. The van der Waals surface area contributed by atoms with Crippen LogP contribution >= 0.6 is 0 Å². The predicted octanol–water partition coefficient (Wildman–Crippen LogP) is 13.1. The second-order valence-corrected chi connectivity index (χ2v) is 12.7. The standard InChI is InChI=1S/C46H33N/c1-30-11-9-10-16-45(30)47(46-29-37(18-17-31(46)2)33-14-7-4-8-15-33)40-22-21-36-26-42-43-27-38-23-34(32-12-5-3-6-13-32)19-20-35(38)25-41(43)44(42)28-39(36)24-40/h3-29H,1-2H3. The molecule has 1 aliphatic rings. The van der Waals surface area contributed by atoms with Crippen LogP contribution in [0.5, 0.6) is 0 Å². The highest BCUT2D eigenvalue weighted by atomic mass is 15.1. The molecular formula is C46H33N. The summed E-state index contributed by atoms with van der Waals surface area (Å²) in [5.74, 6) is 0. The van der Waals surface area contributed by atoms with E-state index in [1.165, 1.54) is 88.6 Å². The fraction of sp³-hybridized carbons (Fsp3) is 0.0435. The smallest absolute Gasteiger partial charge is 0.0497 e. The lowest BCUT2D eigenvalue weighted by atomic mass is 9.77. The van der Waals surface area contributed by atoms with Crippen molar-refractivity contribution in [3.05, 3.63) is 175 Å². The zero-order valence-electron chi connectivity index (χ0n) is 26.5. The Balaban J connectivity index is 1.15. The highest BCUT2D eigenvalue weighted by molar-refractivity contribution is 6.12. The van der Waals surface area contributed by atoms with Crippen molar-refractivity contribution in [3.63, 3.8) is 0 Å². The Morgan fingerprint density at radius 3 is 1.45 bits per heavy atom. The molecule has 0 aromatic heterocycles. The van der Waals surface area contributed by atoms with Gasteiger partial charge >= 0.3 is 0 Å². The first-order valence-electron chi connectivity index (χ1n) is 16.3. The highest BCUT2D eigenvalue weighted by Crippen LogP contribution is 2.51. The van der Waals surface area contributed by atoms with Gasteiger partial charge in [-0.1, -0.05) is 109 Å². The Hall–Kier alpha value is -5.92. The van der Waals surface area contributed by atoms with Gasteiger partial charge in [-0.3, -0.25) is 0 Å². The van der Waals surface area contributed by atoms with Crippen LogP contribution in [0.4, 0.5) is 17.1 Å². The lowest BCUT2D eigenvalue weighted by molar-refractivity contribution is 1.23. The molecule has 0 bridgehead atoms. The fourth-order valence-corrected chi connectivity index (χ4v) is 7.24. The monoisotopic (exact) mass is 599 g/mol. The molecule has 1 nitrogen and oxygen atoms in total. The van der Waals surface area contributed by atoms with Crippen molar-refractivity contribution >= 4 is 38.6 Å². The maximum atomic E-state index is 2.43. The number of hydrogen-bond acceptors (Lipinski definition) is 1. The largest absolute Gasteiger partial charge is 0.310 e. The third-order valence-corrected chi connectivity index (χ3v) is 9.80. The van der Waals surface area contributed by atoms with E-state index in [1.54, 1.807) is 0 Å². The topological polar surface area (TPSA) is 3.24 Å². The normalized spacial score (nSPS) is 11.6. The number of rotatable bonds is 5. The maximum Gasteiger partial charge on any atom is 0.0497 e. The fourth-order valence-electron chi connectivity index (χ4n) is 7.24. The van der Waals surface area contributed by atoms with E-state index in [-0.39, 0.29) is 0 Å². The van der Waals surface area contributed by atoms with Crippen molar-refractivity contribution < 1.29 is 0 Å². The van der Waals surface area contributed by atoms with Crippen LogP contribution < -0.4 is 4.90 Å². The van der Waals surface area contributed by atoms with E-state index in [9.17, 15) is 0 Å². The molecule has 9 rings (SSSR count). The van der Waals surface area contributed by atoms with Crippen LogP contribution in [0.3, 0.4) is 0 Å². The van der Waals surface area contributed by atoms with Crippen LogP contribution in [-0.2, 0) is 0 Å². The van der Waals surface area contributed by atoms with Crippen LogP contribution in [-0.4, -0.2) is 0 Å². The van der Waals surface area contributed by atoms with Crippen LogP contribution in [0.1, 0.15) is 11.1 Å². The molecule has 1 aliphatic carbocycles. The zero-order chi connectivity index (χ0) is 31.5. The Labute approximate surface area is 276 Å². The molecule has 0 heterocycles. The van der Waals surface area contributed by atoms with Gasteiger partial charge in [0.15, 0.2) is 0 Å². The van der Waals surface area contributed by atoms with Gasteiger partial charge in [0.05, 0.1) is 0 Å². The molecule has 0 radical (unpaired) electrons. The van der Waals surface area contributed by atoms with Crippen molar-refractivity contribution in [1.29, 1.82) is 0 Å². The molecule has 0 aliphatic heterocycles. The molecule has 0 atom stereocenters. The third kappa shape index (κ3) is 4.63. The summed E-state index contributed by atoms with van der Waals surface area (Å²) < 4.78 is 0. The molecule has 0 saturated carbocycles. The SMILES string of the molecule is Cc1ccccc1N(c1ccc2cc3c(cc2c1)-c1cc2ccc(-c4ccccc4)cc2cc1-3)c1cc(-c2ccccc2)ccc1C. The molecule has 0 fully saturated rings. The van der Waals surface area contributed by atoms with Gasteiger partial charge in [-0.25, -0.2) is 0 Å². The van der Waals surface area contributed by atoms with E-state index in [0.717, 1.165) is 5.69 Å². The lowest BCUT2D eigenvalue weighted by Crippen LogP contribution is -2.13. The van der Waals surface area contributed by atoms with Crippen molar-refractivity contribution in [2.75, 3.05) is 4.90 Å². The van der Waals surface area contributed by atoms with E-state index < -0.39 is 0 Å². The molecule has 1 heteroatoms. The Morgan fingerprint density at radius 2 is 0.809 bits per heavy atom. The van der Waals surface area contributed by atoms with Crippen LogP contribution in [0, 0.1) is 13.8 Å². The number of nitrogens with zero attached hydrogens (tertiary/aromatic N) is 1. The molecule has 0 N–H and O–H groups in total. The number of hydrogen-bond donors (Lipinski definition) is 0. The second-order valence-electron chi connectivity index (χ2n) is 12.7. The number of aryl methyl sites for hydroxylation is 2. The summed E-state index contributed by atoms with van der Waals surface area (Å²) in [5.41, 5.74) is 16.3. The van der Waals surface area contributed by atoms with Crippen molar-refractivity contribution in [1.82, 2.24) is 0 Å². The van der Waals surface area contributed by atoms with Crippen molar-refractivity contribution in [3.8, 4) is 44.5 Å². The summed E-state index contributed by atoms with van der Waals surface area (Å²) in [6, 6.07) is 60.1. The van der Waals surface area contributed by atoms with Gasteiger partial charge in [0.25, 0.3) is 0 Å². The summed E-state index contributed by atoms with van der Waals surface area (Å²) in [6.45, 7) is 4.41. The molecule has 222 valence electrons. The summed E-state index contributed by atoms with van der Waals surface area (Å²) >= 11 is 0. The van der Waals surface area contributed by atoms with E-state index in [2.05, 4.69) is 183 Å². The maximum absolute atomic E-state index is 2.43.